The zero-order chi connectivity index (χ0) is 14.8. The Hall–Kier alpha value is -1.96. The van der Waals surface area contributed by atoms with Crippen LogP contribution in [0.5, 0.6) is 0 Å². The molecule has 1 aromatic heterocycles. The highest BCUT2D eigenvalue weighted by molar-refractivity contribution is 5.75. The zero-order valence-electron chi connectivity index (χ0n) is 11.4. The molecule has 0 saturated carbocycles. The van der Waals surface area contributed by atoms with E-state index in [4.69, 9.17) is 14.4 Å². The maximum atomic E-state index is 11.5. The van der Waals surface area contributed by atoms with Gasteiger partial charge in [0.15, 0.2) is 5.82 Å². The number of nitrogens with one attached hydrogen (secondary N) is 1. The van der Waals surface area contributed by atoms with Gasteiger partial charge >= 0.3 is 5.97 Å². The van der Waals surface area contributed by atoms with E-state index in [0.717, 1.165) is 12.8 Å². The first-order valence-electron chi connectivity index (χ1n) is 6.49. The zero-order valence-corrected chi connectivity index (χ0v) is 11.4. The molecule has 8 nitrogen and oxygen atoms in total. The summed E-state index contributed by atoms with van der Waals surface area (Å²) in [7, 11) is 0. The van der Waals surface area contributed by atoms with Crippen molar-refractivity contribution in [2.75, 3.05) is 19.8 Å². The number of aromatic nitrogens is 2. The minimum Gasteiger partial charge on any atom is -0.480 e. The summed E-state index contributed by atoms with van der Waals surface area (Å²) in [6.45, 7) is 2.10. The maximum absolute atomic E-state index is 11.5. The lowest BCUT2D eigenvalue weighted by Crippen LogP contribution is -2.28. The van der Waals surface area contributed by atoms with E-state index < -0.39 is 5.97 Å². The molecule has 8 heteroatoms. The van der Waals surface area contributed by atoms with Crippen LogP contribution in [0.4, 0.5) is 0 Å². The lowest BCUT2D eigenvalue weighted by Gasteiger charge is -2.03. The predicted molar refractivity (Wildman–Crippen MR) is 68.1 cm³/mol. The van der Waals surface area contributed by atoms with Crippen molar-refractivity contribution in [3.05, 3.63) is 11.7 Å². The normalized spacial score (nSPS) is 10.4. The Kier molecular flexibility index (Phi) is 7.26. The number of aliphatic carboxylic acids is 1. The fourth-order valence-corrected chi connectivity index (χ4v) is 1.45. The van der Waals surface area contributed by atoms with Crippen LogP contribution in [-0.2, 0) is 27.2 Å². The van der Waals surface area contributed by atoms with E-state index in [-0.39, 0.29) is 32.1 Å². The molecule has 0 aromatic carbocycles. The van der Waals surface area contributed by atoms with Crippen LogP contribution in [0.15, 0.2) is 4.52 Å². The third-order valence-electron chi connectivity index (χ3n) is 2.34. The molecule has 0 bridgehead atoms. The number of carboxylic acid groups (broad SMARTS) is 1. The quantitative estimate of drug-likeness (QED) is 0.589. The number of carbonyl (C=O) groups is 2. The second kappa shape index (κ2) is 9.03. The van der Waals surface area contributed by atoms with E-state index in [1.807, 2.05) is 6.92 Å². The molecule has 0 radical (unpaired) electrons. The van der Waals surface area contributed by atoms with Crippen molar-refractivity contribution in [2.45, 2.75) is 32.6 Å². The summed E-state index contributed by atoms with van der Waals surface area (Å²) in [5, 5.41) is 14.7. The van der Waals surface area contributed by atoms with Crippen molar-refractivity contribution in [3.63, 3.8) is 0 Å². The molecule has 1 heterocycles. The van der Waals surface area contributed by atoms with Crippen LogP contribution in [0.1, 0.15) is 31.5 Å². The number of ether oxygens (including phenoxy) is 1. The van der Waals surface area contributed by atoms with Crippen molar-refractivity contribution in [3.8, 4) is 0 Å². The van der Waals surface area contributed by atoms with Crippen LogP contribution >= 0.6 is 0 Å². The SMILES string of the molecule is CCCc1noc(CCC(=O)NCCOCC(=O)O)n1. The third kappa shape index (κ3) is 6.83. The number of hydrogen-bond acceptors (Lipinski definition) is 6. The maximum Gasteiger partial charge on any atom is 0.329 e. The van der Waals surface area contributed by atoms with Crippen molar-refractivity contribution >= 4 is 11.9 Å². The molecule has 0 atom stereocenters. The van der Waals surface area contributed by atoms with Gasteiger partial charge in [-0.15, -0.1) is 0 Å². The Morgan fingerprint density at radius 1 is 1.40 bits per heavy atom. The molecule has 1 aromatic rings. The van der Waals surface area contributed by atoms with Crippen LogP contribution in [0.3, 0.4) is 0 Å². The summed E-state index contributed by atoms with van der Waals surface area (Å²) in [6.07, 6.45) is 2.33. The van der Waals surface area contributed by atoms with Crippen molar-refractivity contribution in [2.24, 2.45) is 0 Å². The van der Waals surface area contributed by atoms with Gasteiger partial charge in [-0.25, -0.2) is 4.79 Å². The number of carbonyl (C=O) groups excluding carboxylic acids is 1. The molecular formula is C12H19N3O5. The van der Waals surface area contributed by atoms with Gasteiger partial charge < -0.3 is 19.7 Å². The first-order valence-corrected chi connectivity index (χ1v) is 6.49. The molecule has 0 unspecified atom stereocenters. The summed E-state index contributed by atoms with van der Waals surface area (Å²) in [5.41, 5.74) is 0. The van der Waals surface area contributed by atoms with Gasteiger partial charge in [-0.3, -0.25) is 4.79 Å². The fraction of sp³-hybridized carbons (Fsp3) is 0.667. The first kappa shape index (κ1) is 16.1. The van der Waals surface area contributed by atoms with E-state index in [1.165, 1.54) is 0 Å². The van der Waals surface area contributed by atoms with Gasteiger partial charge in [-0.1, -0.05) is 12.1 Å². The summed E-state index contributed by atoms with van der Waals surface area (Å²) >= 11 is 0. The number of rotatable bonds is 10. The van der Waals surface area contributed by atoms with Gasteiger partial charge in [0, 0.05) is 25.8 Å². The van der Waals surface area contributed by atoms with E-state index in [1.54, 1.807) is 0 Å². The molecule has 2 N–H and O–H groups in total. The van der Waals surface area contributed by atoms with E-state index in [0.29, 0.717) is 18.1 Å². The summed E-state index contributed by atoms with van der Waals surface area (Å²) in [5.74, 6) is -0.0922. The van der Waals surface area contributed by atoms with Gasteiger partial charge in [-0.05, 0) is 6.42 Å². The second-order valence-corrected chi connectivity index (χ2v) is 4.15. The fourth-order valence-electron chi connectivity index (χ4n) is 1.45. The lowest BCUT2D eigenvalue weighted by atomic mass is 10.3. The molecule has 1 rings (SSSR count). The van der Waals surface area contributed by atoms with Crippen LogP contribution < -0.4 is 5.32 Å². The third-order valence-corrected chi connectivity index (χ3v) is 2.34. The average Bonchev–Trinajstić information content (AvgIpc) is 2.84. The minimum atomic E-state index is -1.03. The standard InChI is InChI=1S/C12H19N3O5/c1-2-3-9-14-11(20-15-9)5-4-10(16)13-6-7-19-8-12(17)18/h2-8H2,1H3,(H,13,16)(H,17,18). The van der Waals surface area contributed by atoms with Gasteiger partial charge in [0.25, 0.3) is 0 Å². The largest absolute Gasteiger partial charge is 0.480 e. The van der Waals surface area contributed by atoms with Crippen molar-refractivity contribution in [1.82, 2.24) is 15.5 Å². The van der Waals surface area contributed by atoms with Crippen LogP contribution in [0.25, 0.3) is 0 Å². The highest BCUT2D eigenvalue weighted by Crippen LogP contribution is 2.02. The summed E-state index contributed by atoms with van der Waals surface area (Å²) in [6, 6.07) is 0. The Balaban J connectivity index is 2.11. The van der Waals surface area contributed by atoms with E-state index >= 15 is 0 Å². The van der Waals surface area contributed by atoms with Crippen LogP contribution in [-0.4, -0.2) is 46.9 Å². The van der Waals surface area contributed by atoms with Crippen molar-refractivity contribution in [1.29, 1.82) is 0 Å². The van der Waals surface area contributed by atoms with Gasteiger partial charge in [0.2, 0.25) is 11.8 Å². The number of hydrogen-bond donors (Lipinski definition) is 2. The van der Waals surface area contributed by atoms with Gasteiger partial charge in [0.1, 0.15) is 6.61 Å². The van der Waals surface area contributed by atoms with Crippen LogP contribution in [0.2, 0.25) is 0 Å². The Labute approximate surface area is 116 Å². The molecule has 0 aliphatic carbocycles. The molecule has 0 aliphatic rings. The smallest absolute Gasteiger partial charge is 0.329 e. The molecule has 0 spiro atoms. The molecule has 0 aliphatic heterocycles. The Morgan fingerprint density at radius 3 is 2.90 bits per heavy atom. The first-order chi connectivity index (χ1) is 9.61. The molecule has 0 fully saturated rings. The molecule has 1 amide bonds. The lowest BCUT2D eigenvalue weighted by molar-refractivity contribution is -0.142. The Morgan fingerprint density at radius 2 is 2.20 bits per heavy atom. The highest BCUT2D eigenvalue weighted by Gasteiger charge is 2.08. The van der Waals surface area contributed by atoms with Crippen LogP contribution in [0, 0.1) is 0 Å². The highest BCUT2D eigenvalue weighted by atomic mass is 16.5. The predicted octanol–water partition coefficient (Wildman–Crippen LogP) is 0.172. The van der Waals surface area contributed by atoms with E-state index in [2.05, 4.69) is 15.5 Å². The molecular weight excluding hydrogens is 266 g/mol. The molecule has 20 heavy (non-hydrogen) atoms. The number of amides is 1. The average molecular weight is 285 g/mol. The van der Waals surface area contributed by atoms with Gasteiger partial charge in [-0.2, -0.15) is 4.98 Å². The second-order valence-electron chi connectivity index (χ2n) is 4.15. The summed E-state index contributed by atoms with van der Waals surface area (Å²) < 4.78 is 9.79. The minimum absolute atomic E-state index is 0.166. The van der Waals surface area contributed by atoms with E-state index in [9.17, 15) is 9.59 Å². The molecule has 0 saturated heterocycles. The number of nitrogens with zero attached hydrogens (tertiary/aromatic N) is 2. The summed E-state index contributed by atoms with van der Waals surface area (Å²) in [4.78, 5) is 25.8. The Bertz CT molecular complexity index is 432. The monoisotopic (exact) mass is 285 g/mol. The number of aryl methyl sites for hydroxylation is 2. The number of carboxylic acids is 1. The topological polar surface area (TPSA) is 115 Å². The van der Waals surface area contributed by atoms with Gasteiger partial charge in [0.05, 0.1) is 6.61 Å². The molecule has 112 valence electrons. The van der Waals surface area contributed by atoms with Crippen molar-refractivity contribution < 1.29 is 24.0 Å².